The molecule has 0 N–H and O–H groups in total. The average Bonchev–Trinajstić information content (AvgIpc) is 1.94. The summed E-state index contributed by atoms with van der Waals surface area (Å²) in [6.45, 7) is 2.33. The van der Waals surface area contributed by atoms with Crippen molar-refractivity contribution in [3.05, 3.63) is 0 Å². The molecule has 0 rings (SSSR count). The summed E-state index contributed by atoms with van der Waals surface area (Å²) in [5, 5.41) is 0. The maximum Gasteiger partial charge on any atom is 0.355 e. The van der Waals surface area contributed by atoms with Crippen molar-refractivity contribution in [1.29, 1.82) is 0 Å². The molecule has 12 heavy (non-hydrogen) atoms. The van der Waals surface area contributed by atoms with Crippen LogP contribution in [0.25, 0.3) is 0 Å². The maximum absolute atomic E-state index is 10.3. The Hall–Kier alpha value is 0.200. The molecule has 0 amide bonds. The quantitative estimate of drug-likeness (QED) is 0.483. The van der Waals surface area contributed by atoms with Crippen molar-refractivity contribution in [1.82, 2.24) is 0 Å². The fourth-order valence-electron chi connectivity index (χ4n) is 0.864. The van der Waals surface area contributed by atoms with Gasteiger partial charge in [-0.2, -0.15) is 8.42 Å². The summed E-state index contributed by atoms with van der Waals surface area (Å²) in [6, 6.07) is 0. The highest BCUT2D eigenvalue weighted by Crippen LogP contribution is 2.05. The van der Waals surface area contributed by atoms with Crippen molar-refractivity contribution >= 4 is 20.0 Å². The van der Waals surface area contributed by atoms with Gasteiger partial charge in [-0.05, 0) is 6.42 Å². The third-order valence-electron chi connectivity index (χ3n) is 1.47. The molecule has 0 saturated carbocycles. The molecule has 3 nitrogen and oxygen atoms in total. The largest absolute Gasteiger partial charge is 0.355 e. The lowest BCUT2D eigenvalue weighted by molar-refractivity contribution is 0.315. The molecule has 0 saturated heterocycles. The molecule has 0 aromatic rings. The van der Waals surface area contributed by atoms with E-state index in [0.717, 1.165) is 19.3 Å². The summed E-state index contributed by atoms with van der Waals surface area (Å²) in [6.07, 6.45) is 5.25. The van der Waals surface area contributed by atoms with Gasteiger partial charge in [0.25, 0.3) is 0 Å². The Morgan fingerprint density at radius 2 is 1.75 bits per heavy atom. The molecule has 0 aliphatic rings. The monoisotopic (exact) mass is 214 g/mol. The van der Waals surface area contributed by atoms with Gasteiger partial charge in [0, 0.05) is 10.7 Å². The van der Waals surface area contributed by atoms with E-state index in [0.29, 0.717) is 0 Å². The Labute approximate surface area is 78.7 Å². The van der Waals surface area contributed by atoms with E-state index < -0.39 is 9.33 Å². The zero-order chi connectivity index (χ0) is 9.45. The van der Waals surface area contributed by atoms with Gasteiger partial charge in [-0.3, -0.25) is 4.18 Å². The Morgan fingerprint density at radius 3 is 2.25 bits per heavy atom. The van der Waals surface area contributed by atoms with Crippen molar-refractivity contribution in [3.63, 3.8) is 0 Å². The van der Waals surface area contributed by atoms with Crippen molar-refractivity contribution in [2.75, 3.05) is 6.61 Å². The van der Waals surface area contributed by atoms with Crippen LogP contribution in [0.2, 0.25) is 0 Å². The standard InChI is InChI=1S/C7H15ClO3S/c1-2-3-4-5-6-7-11-12(8,9)10/h2-7H2,1H3. The van der Waals surface area contributed by atoms with Gasteiger partial charge in [-0.1, -0.05) is 32.6 Å². The van der Waals surface area contributed by atoms with E-state index in [9.17, 15) is 8.42 Å². The van der Waals surface area contributed by atoms with Gasteiger partial charge in [0.1, 0.15) is 0 Å². The minimum atomic E-state index is -3.74. The Bertz CT molecular complexity index is 189. The van der Waals surface area contributed by atoms with Gasteiger partial charge in [-0.15, -0.1) is 0 Å². The Balaban J connectivity index is 3.12. The van der Waals surface area contributed by atoms with Crippen LogP contribution in [0.3, 0.4) is 0 Å². The van der Waals surface area contributed by atoms with Crippen molar-refractivity contribution in [2.24, 2.45) is 0 Å². The zero-order valence-electron chi connectivity index (χ0n) is 7.25. The van der Waals surface area contributed by atoms with Crippen LogP contribution in [0, 0.1) is 0 Å². The van der Waals surface area contributed by atoms with Gasteiger partial charge in [0.2, 0.25) is 0 Å². The molecule has 0 fully saturated rings. The molecule has 0 aliphatic carbocycles. The summed E-state index contributed by atoms with van der Waals surface area (Å²) in [5.74, 6) is 0. The molecule has 74 valence electrons. The summed E-state index contributed by atoms with van der Waals surface area (Å²) in [7, 11) is 1.08. The zero-order valence-corrected chi connectivity index (χ0v) is 8.83. The molecular formula is C7H15ClO3S. The van der Waals surface area contributed by atoms with Crippen LogP contribution in [0.15, 0.2) is 0 Å². The van der Waals surface area contributed by atoms with Crippen molar-refractivity contribution in [2.45, 2.75) is 39.0 Å². The summed E-state index contributed by atoms with van der Waals surface area (Å²) in [4.78, 5) is 0. The number of hydrogen-bond donors (Lipinski definition) is 0. The number of rotatable bonds is 7. The molecule has 0 bridgehead atoms. The first-order valence-corrected chi connectivity index (χ1v) is 6.38. The van der Waals surface area contributed by atoms with Crippen LogP contribution in [0.4, 0.5) is 0 Å². The van der Waals surface area contributed by atoms with Gasteiger partial charge < -0.3 is 0 Å². The minimum absolute atomic E-state index is 0.204. The van der Waals surface area contributed by atoms with Crippen LogP contribution in [-0.2, 0) is 13.5 Å². The van der Waals surface area contributed by atoms with Gasteiger partial charge >= 0.3 is 9.33 Å². The number of unbranched alkanes of at least 4 members (excludes halogenated alkanes) is 4. The lowest BCUT2D eigenvalue weighted by atomic mass is 10.2. The summed E-state index contributed by atoms with van der Waals surface area (Å²) < 4.78 is 24.9. The Morgan fingerprint density at radius 1 is 1.17 bits per heavy atom. The molecule has 0 aromatic heterocycles. The van der Waals surface area contributed by atoms with Crippen LogP contribution in [-0.4, -0.2) is 15.0 Å². The Kier molecular flexibility index (Phi) is 6.80. The fourth-order valence-corrected chi connectivity index (χ4v) is 1.37. The molecule has 0 aromatic carbocycles. The first-order chi connectivity index (χ1) is 5.56. The highest BCUT2D eigenvalue weighted by molar-refractivity contribution is 8.09. The second-order valence-electron chi connectivity index (χ2n) is 2.63. The van der Waals surface area contributed by atoms with E-state index in [1.54, 1.807) is 0 Å². The molecule has 5 heteroatoms. The third kappa shape index (κ3) is 10.2. The number of hydrogen-bond acceptors (Lipinski definition) is 3. The topological polar surface area (TPSA) is 43.4 Å². The lowest BCUT2D eigenvalue weighted by Gasteiger charge is -1.98. The molecular weight excluding hydrogens is 200 g/mol. The predicted molar refractivity (Wildman–Crippen MR) is 49.5 cm³/mol. The average molecular weight is 215 g/mol. The van der Waals surface area contributed by atoms with E-state index in [1.807, 2.05) is 0 Å². The van der Waals surface area contributed by atoms with E-state index in [4.69, 9.17) is 10.7 Å². The molecule has 0 heterocycles. The summed E-state index contributed by atoms with van der Waals surface area (Å²) in [5.41, 5.74) is 0. The maximum atomic E-state index is 10.3. The molecule has 0 spiro atoms. The molecule has 0 atom stereocenters. The smallest absolute Gasteiger partial charge is 0.258 e. The minimum Gasteiger partial charge on any atom is -0.258 e. The van der Waals surface area contributed by atoms with Crippen LogP contribution in [0.1, 0.15) is 39.0 Å². The van der Waals surface area contributed by atoms with Crippen molar-refractivity contribution in [3.8, 4) is 0 Å². The predicted octanol–water partition coefficient (Wildman–Crippen LogP) is 2.46. The van der Waals surface area contributed by atoms with Crippen LogP contribution in [0.5, 0.6) is 0 Å². The highest BCUT2D eigenvalue weighted by atomic mass is 35.7. The van der Waals surface area contributed by atoms with E-state index >= 15 is 0 Å². The summed E-state index contributed by atoms with van der Waals surface area (Å²) >= 11 is 0. The van der Waals surface area contributed by atoms with Crippen LogP contribution < -0.4 is 0 Å². The first-order valence-electron chi connectivity index (χ1n) is 4.15. The number of halogens is 1. The molecule has 0 radical (unpaired) electrons. The second-order valence-corrected chi connectivity index (χ2v) is 4.79. The van der Waals surface area contributed by atoms with E-state index in [1.165, 1.54) is 12.8 Å². The first kappa shape index (κ1) is 12.2. The SMILES string of the molecule is CCCCCCCOS(=O)(=O)Cl. The van der Waals surface area contributed by atoms with Gasteiger partial charge in [-0.25, -0.2) is 0 Å². The van der Waals surface area contributed by atoms with Crippen molar-refractivity contribution < 1.29 is 12.6 Å². The van der Waals surface area contributed by atoms with E-state index in [-0.39, 0.29) is 6.61 Å². The molecule has 0 unspecified atom stereocenters. The lowest BCUT2D eigenvalue weighted by Crippen LogP contribution is -1.98. The van der Waals surface area contributed by atoms with E-state index in [2.05, 4.69) is 11.1 Å². The third-order valence-corrected chi connectivity index (χ3v) is 2.19. The second kappa shape index (κ2) is 6.69. The van der Waals surface area contributed by atoms with Gasteiger partial charge in [0.05, 0.1) is 6.61 Å². The van der Waals surface area contributed by atoms with Gasteiger partial charge in [0.15, 0.2) is 0 Å². The fraction of sp³-hybridized carbons (Fsp3) is 1.00. The van der Waals surface area contributed by atoms with Crippen LogP contribution >= 0.6 is 10.7 Å². The normalized spacial score (nSPS) is 11.8. The molecule has 0 aliphatic heterocycles. The highest BCUT2D eigenvalue weighted by Gasteiger charge is 2.02.